The van der Waals surface area contributed by atoms with Gasteiger partial charge in [0.1, 0.15) is 5.82 Å². The molecular formula is C18H28N4O. The lowest BCUT2D eigenvalue weighted by molar-refractivity contribution is 0.0928. The Balaban J connectivity index is 1.59. The van der Waals surface area contributed by atoms with E-state index in [1.165, 1.54) is 12.8 Å². The summed E-state index contributed by atoms with van der Waals surface area (Å²) in [5.41, 5.74) is 6.42. The number of carbonyl (C=O) groups excluding carboxylic acids is 1. The molecule has 1 aromatic heterocycles. The van der Waals surface area contributed by atoms with E-state index in [0.29, 0.717) is 18.0 Å². The van der Waals surface area contributed by atoms with Gasteiger partial charge in [-0.05, 0) is 56.2 Å². The van der Waals surface area contributed by atoms with Crippen LogP contribution in [0.5, 0.6) is 0 Å². The minimum atomic E-state index is -0.0262. The molecule has 2 fully saturated rings. The molecule has 1 aromatic rings. The van der Waals surface area contributed by atoms with Crippen LogP contribution in [-0.4, -0.2) is 36.6 Å². The van der Waals surface area contributed by atoms with Crippen LogP contribution in [0.2, 0.25) is 0 Å². The van der Waals surface area contributed by atoms with Crippen LogP contribution in [0.25, 0.3) is 0 Å². The average molecular weight is 316 g/mol. The van der Waals surface area contributed by atoms with Gasteiger partial charge in [-0.2, -0.15) is 0 Å². The lowest BCUT2D eigenvalue weighted by Crippen LogP contribution is -2.40. The Bertz CT molecular complexity index is 522. The molecule has 5 heteroatoms. The minimum absolute atomic E-state index is 0.0262. The molecule has 0 aromatic carbocycles. The van der Waals surface area contributed by atoms with Crippen molar-refractivity contribution in [3.63, 3.8) is 0 Å². The molecule has 3 N–H and O–H groups in total. The van der Waals surface area contributed by atoms with Crippen LogP contribution < -0.4 is 16.0 Å². The summed E-state index contributed by atoms with van der Waals surface area (Å²) < 4.78 is 0. The maximum atomic E-state index is 12.4. The van der Waals surface area contributed by atoms with Crippen molar-refractivity contribution >= 4 is 11.7 Å². The number of rotatable bonds is 4. The quantitative estimate of drug-likeness (QED) is 0.893. The molecule has 1 saturated heterocycles. The average Bonchev–Trinajstić information content (AvgIpc) is 3.03. The molecule has 23 heavy (non-hydrogen) atoms. The second-order valence-electron chi connectivity index (χ2n) is 7.08. The van der Waals surface area contributed by atoms with Crippen LogP contribution in [0.3, 0.4) is 0 Å². The first-order chi connectivity index (χ1) is 11.2. The second kappa shape index (κ2) is 7.30. The van der Waals surface area contributed by atoms with E-state index in [1.807, 2.05) is 12.1 Å². The maximum absolute atomic E-state index is 12.4. The summed E-state index contributed by atoms with van der Waals surface area (Å²) in [7, 11) is 0. The van der Waals surface area contributed by atoms with Crippen molar-refractivity contribution in [2.45, 2.75) is 45.1 Å². The van der Waals surface area contributed by atoms with Crippen molar-refractivity contribution in [2.24, 2.45) is 17.6 Å². The number of piperidine rings is 1. The Kier molecular flexibility index (Phi) is 5.16. The van der Waals surface area contributed by atoms with Gasteiger partial charge in [-0.25, -0.2) is 4.98 Å². The third-order valence-electron chi connectivity index (χ3n) is 5.40. The van der Waals surface area contributed by atoms with Crippen molar-refractivity contribution in [3.8, 4) is 0 Å². The van der Waals surface area contributed by atoms with Crippen LogP contribution in [0.1, 0.15) is 49.4 Å². The normalized spacial score (nSPS) is 25.6. The number of pyridine rings is 1. The molecule has 2 unspecified atom stereocenters. The summed E-state index contributed by atoms with van der Waals surface area (Å²) >= 11 is 0. The van der Waals surface area contributed by atoms with Crippen molar-refractivity contribution < 1.29 is 4.79 Å². The number of anilines is 1. The van der Waals surface area contributed by atoms with Crippen molar-refractivity contribution in [1.29, 1.82) is 0 Å². The summed E-state index contributed by atoms with van der Waals surface area (Å²) in [5, 5.41) is 3.13. The fourth-order valence-electron chi connectivity index (χ4n) is 3.71. The number of nitrogens with two attached hydrogens (primary N) is 1. The van der Waals surface area contributed by atoms with Gasteiger partial charge in [0.15, 0.2) is 0 Å². The molecule has 1 aliphatic carbocycles. The zero-order valence-corrected chi connectivity index (χ0v) is 14.0. The Morgan fingerprint density at radius 2 is 2.09 bits per heavy atom. The lowest BCUT2D eigenvalue weighted by Gasteiger charge is -2.31. The Morgan fingerprint density at radius 3 is 2.74 bits per heavy atom. The zero-order valence-electron chi connectivity index (χ0n) is 14.0. The van der Waals surface area contributed by atoms with Crippen LogP contribution in [0.4, 0.5) is 5.82 Å². The van der Waals surface area contributed by atoms with Gasteiger partial charge in [0.25, 0.3) is 5.91 Å². The molecular weight excluding hydrogens is 288 g/mol. The summed E-state index contributed by atoms with van der Waals surface area (Å²) in [6, 6.07) is 4.08. The van der Waals surface area contributed by atoms with E-state index in [1.54, 1.807) is 6.20 Å². The van der Waals surface area contributed by atoms with Gasteiger partial charge in [-0.1, -0.05) is 13.3 Å². The Hall–Kier alpha value is -1.62. The topological polar surface area (TPSA) is 71.2 Å². The number of amides is 1. The third kappa shape index (κ3) is 3.83. The number of carbonyl (C=O) groups is 1. The first-order valence-electron chi connectivity index (χ1n) is 8.89. The van der Waals surface area contributed by atoms with Gasteiger partial charge in [-0.15, -0.1) is 0 Å². The van der Waals surface area contributed by atoms with Gasteiger partial charge in [0, 0.05) is 25.3 Å². The van der Waals surface area contributed by atoms with E-state index in [2.05, 4.69) is 22.1 Å². The molecule has 1 saturated carbocycles. The molecule has 2 aliphatic rings. The largest absolute Gasteiger partial charge is 0.357 e. The molecule has 0 spiro atoms. The highest BCUT2D eigenvalue weighted by Crippen LogP contribution is 2.25. The van der Waals surface area contributed by atoms with Crippen LogP contribution >= 0.6 is 0 Å². The molecule has 2 heterocycles. The number of hydrogen-bond donors (Lipinski definition) is 2. The highest BCUT2D eigenvalue weighted by molar-refractivity contribution is 5.94. The predicted octanol–water partition coefficient (Wildman–Crippen LogP) is 2.18. The Morgan fingerprint density at radius 1 is 1.30 bits per heavy atom. The molecule has 0 bridgehead atoms. The predicted molar refractivity (Wildman–Crippen MR) is 92.5 cm³/mol. The molecule has 3 rings (SSSR count). The van der Waals surface area contributed by atoms with Crippen LogP contribution in [0.15, 0.2) is 18.3 Å². The SMILES string of the molecule is CC1CCN(c2ccc(C(=O)NC3CCCC3CN)cn2)CC1. The van der Waals surface area contributed by atoms with Gasteiger partial charge >= 0.3 is 0 Å². The number of aromatic nitrogens is 1. The zero-order chi connectivity index (χ0) is 16.2. The standard InChI is InChI=1S/C18H28N4O/c1-13-7-9-22(10-8-13)17-6-5-15(12-20-17)18(23)21-16-4-2-3-14(16)11-19/h5-6,12-14,16H,2-4,7-11,19H2,1H3,(H,21,23). The summed E-state index contributed by atoms with van der Waals surface area (Å²) in [5.74, 6) is 2.18. The van der Waals surface area contributed by atoms with Crippen molar-refractivity contribution in [3.05, 3.63) is 23.9 Å². The second-order valence-corrected chi connectivity index (χ2v) is 7.08. The first kappa shape index (κ1) is 16.2. The van der Waals surface area contributed by atoms with Crippen LogP contribution in [0, 0.1) is 11.8 Å². The molecule has 1 amide bonds. The minimum Gasteiger partial charge on any atom is -0.357 e. The van der Waals surface area contributed by atoms with E-state index in [4.69, 9.17) is 5.73 Å². The van der Waals surface area contributed by atoms with Crippen LogP contribution in [-0.2, 0) is 0 Å². The van der Waals surface area contributed by atoms with E-state index < -0.39 is 0 Å². The highest BCUT2D eigenvalue weighted by atomic mass is 16.1. The monoisotopic (exact) mass is 316 g/mol. The fraction of sp³-hybridized carbons (Fsp3) is 0.667. The number of hydrogen-bond acceptors (Lipinski definition) is 4. The van der Waals surface area contributed by atoms with E-state index in [9.17, 15) is 4.79 Å². The van der Waals surface area contributed by atoms with E-state index >= 15 is 0 Å². The summed E-state index contributed by atoms with van der Waals surface area (Å²) in [4.78, 5) is 19.2. The van der Waals surface area contributed by atoms with Gasteiger partial charge in [0.2, 0.25) is 0 Å². The molecule has 1 aliphatic heterocycles. The number of nitrogens with zero attached hydrogens (tertiary/aromatic N) is 2. The fourth-order valence-corrected chi connectivity index (χ4v) is 3.71. The lowest BCUT2D eigenvalue weighted by atomic mass is 9.99. The van der Waals surface area contributed by atoms with Gasteiger partial charge in [-0.3, -0.25) is 4.79 Å². The van der Waals surface area contributed by atoms with E-state index in [0.717, 1.165) is 44.1 Å². The van der Waals surface area contributed by atoms with E-state index in [-0.39, 0.29) is 11.9 Å². The number of nitrogens with one attached hydrogen (secondary N) is 1. The summed E-state index contributed by atoms with van der Waals surface area (Å²) in [6.07, 6.45) is 7.43. The van der Waals surface area contributed by atoms with Crippen molar-refractivity contribution in [1.82, 2.24) is 10.3 Å². The van der Waals surface area contributed by atoms with Gasteiger partial charge in [0.05, 0.1) is 5.56 Å². The first-order valence-corrected chi connectivity index (χ1v) is 8.89. The smallest absolute Gasteiger partial charge is 0.253 e. The highest BCUT2D eigenvalue weighted by Gasteiger charge is 2.27. The molecule has 0 radical (unpaired) electrons. The maximum Gasteiger partial charge on any atom is 0.253 e. The molecule has 126 valence electrons. The van der Waals surface area contributed by atoms with Gasteiger partial charge < -0.3 is 16.0 Å². The third-order valence-corrected chi connectivity index (χ3v) is 5.40. The molecule has 2 atom stereocenters. The van der Waals surface area contributed by atoms with Crippen molar-refractivity contribution in [2.75, 3.05) is 24.5 Å². The molecule has 5 nitrogen and oxygen atoms in total. The Labute approximate surface area is 138 Å². The summed E-state index contributed by atoms with van der Waals surface area (Å²) in [6.45, 7) is 5.06.